The predicted octanol–water partition coefficient (Wildman–Crippen LogP) is 5.27. The van der Waals surface area contributed by atoms with Gasteiger partial charge in [0.2, 0.25) is 0 Å². The minimum Gasteiger partial charge on any atom is -0.272 e. The van der Waals surface area contributed by atoms with Gasteiger partial charge in [0, 0.05) is 46.7 Å². The Balaban J connectivity index is 1.41. The monoisotopic (exact) mass is 366 g/mol. The van der Waals surface area contributed by atoms with E-state index < -0.39 is 0 Å². The molecule has 4 aromatic rings. The van der Waals surface area contributed by atoms with E-state index in [4.69, 9.17) is 4.98 Å². The van der Waals surface area contributed by atoms with Crippen molar-refractivity contribution in [3.8, 4) is 22.4 Å². The third kappa shape index (κ3) is 2.48. The van der Waals surface area contributed by atoms with Crippen LogP contribution in [0.5, 0.6) is 0 Å². The van der Waals surface area contributed by atoms with Crippen molar-refractivity contribution >= 4 is 10.9 Å². The van der Waals surface area contributed by atoms with Crippen LogP contribution in [-0.2, 0) is 6.54 Å². The molecule has 2 bridgehead atoms. The summed E-state index contributed by atoms with van der Waals surface area (Å²) in [6, 6.07) is 14.7. The van der Waals surface area contributed by atoms with Gasteiger partial charge in [-0.2, -0.15) is 5.10 Å². The van der Waals surface area contributed by atoms with Crippen molar-refractivity contribution in [2.24, 2.45) is 11.3 Å². The lowest BCUT2D eigenvalue weighted by Gasteiger charge is -2.61. The molecule has 7 rings (SSSR count). The Hall–Kier alpha value is -3.01. The zero-order chi connectivity index (χ0) is 18.7. The summed E-state index contributed by atoms with van der Waals surface area (Å²) in [5, 5.41) is 5.81. The number of nitrogens with zero attached hydrogens (tertiary/aromatic N) is 4. The largest absolute Gasteiger partial charge is 0.272 e. The van der Waals surface area contributed by atoms with Crippen molar-refractivity contribution in [2.45, 2.75) is 32.7 Å². The molecule has 1 aromatic carbocycles. The summed E-state index contributed by atoms with van der Waals surface area (Å²) in [5.41, 5.74) is 6.91. The maximum atomic E-state index is 4.88. The van der Waals surface area contributed by atoms with Gasteiger partial charge in [-0.05, 0) is 55.7 Å². The van der Waals surface area contributed by atoms with Crippen LogP contribution in [0.1, 0.15) is 25.0 Å². The minimum atomic E-state index is 0.548. The number of benzene rings is 1. The summed E-state index contributed by atoms with van der Waals surface area (Å²) >= 11 is 0. The van der Waals surface area contributed by atoms with Gasteiger partial charge in [-0.1, -0.05) is 24.3 Å². The SMILES string of the molecule is Cc1ccc(-c2cnn(CC34CC(C3)C4)c2)c(-c2ccc3cccnc3c2)n1. The number of hydrogen-bond donors (Lipinski definition) is 0. The quantitative estimate of drug-likeness (QED) is 0.494. The minimum absolute atomic E-state index is 0.548. The second-order valence-corrected chi connectivity index (χ2v) is 8.66. The molecule has 3 aliphatic rings. The Bertz CT molecular complexity index is 1190. The fourth-order valence-electron chi connectivity index (χ4n) is 5.01. The highest BCUT2D eigenvalue weighted by atomic mass is 15.3. The lowest BCUT2D eigenvalue weighted by molar-refractivity contribution is -0.120. The first-order valence-corrected chi connectivity index (χ1v) is 10.0. The first-order valence-electron chi connectivity index (χ1n) is 10.0. The topological polar surface area (TPSA) is 43.6 Å². The molecule has 0 amide bonds. The van der Waals surface area contributed by atoms with Crippen molar-refractivity contribution in [1.29, 1.82) is 0 Å². The van der Waals surface area contributed by atoms with Crippen LogP contribution in [0.25, 0.3) is 33.3 Å². The van der Waals surface area contributed by atoms with E-state index in [2.05, 4.69) is 57.4 Å². The van der Waals surface area contributed by atoms with Crippen molar-refractivity contribution in [1.82, 2.24) is 19.7 Å². The van der Waals surface area contributed by atoms with E-state index in [-0.39, 0.29) is 0 Å². The number of hydrogen-bond acceptors (Lipinski definition) is 3. The molecular weight excluding hydrogens is 344 g/mol. The van der Waals surface area contributed by atoms with Crippen molar-refractivity contribution in [2.75, 3.05) is 0 Å². The number of fused-ring (bicyclic) bond motifs is 1. The van der Waals surface area contributed by atoms with E-state index in [1.165, 1.54) is 19.3 Å². The van der Waals surface area contributed by atoms with Crippen LogP contribution in [0.4, 0.5) is 0 Å². The van der Waals surface area contributed by atoms with Crippen LogP contribution < -0.4 is 0 Å². The van der Waals surface area contributed by atoms with Gasteiger partial charge in [0.1, 0.15) is 0 Å². The number of rotatable bonds is 4. The van der Waals surface area contributed by atoms with Crippen LogP contribution in [0.3, 0.4) is 0 Å². The van der Waals surface area contributed by atoms with E-state index in [0.29, 0.717) is 5.41 Å². The summed E-state index contributed by atoms with van der Waals surface area (Å²) in [5.74, 6) is 1.00. The molecule has 3 heterocycles. The Labute approximate surface area is 164 Å². The Morgan fingerprint density at radius 2 is 1.96 bits per heavy atom. The first kappa shape index (κ1) is 16.0. The first-order chi connectivity index (χ1) is 13.7. The molecule has 0 unspecified atom stereocenters. The van der Waals surface area contributed by atoms with Gasteiger partial charge in [0.05, 0.1) is 17.4 Å². The molecule has 3 saturated carbocycles. The van der Waals surface area contributed by atoms with Gasteiger partial charge >= 0.3 is 0 Å². The summed E-state index contributed by atoms with van der Waals surface area (Å²) in [4.78, 5) is 9.39. The van der Waals surface area contributed by atoms with Crippen LogP contribution >= 0.6 is 0 Å². The highest BCUT2D eigenvalue weighted by Gasteiger charge is 2.56. The third-order valence-electron chi connectivity index (χ3n) is 6.52. The molecule has 3 aliphatic carbocycles. The second-order valence-electron chi connectivity index (χ2n) is 8.66. The molecule has 4 heteroatoms. The maximum Gasteiger partial charge on any atom is 0.0785 e. The summed E-state index contributed by atoms with van der Waals surface area (Å²) in [6.07, 6.45) is 10.2. The van der Waals surface area contributed by atoms with Crippen molar-refractivity contribution in [3.63, 3.8) is 0 Å². The highest BCUT2D eigenvalue weighted by Crippen LogP contribution is 2.65. The molecule has 0 aliphatic heterocycles. The normalized spacial score (nSPS) is 22.7. The molecule has 138 valence electrons. The van der Waals surface area contributed by atoms with E-state index >= 15 is 0 Å². The van der Waals surface area contributed by atoms with Gasteiger partial charge in [0.15, 0.2) is 0 Å². The van der Waals surface area contributed by atoms with Crippen molar-refractivity contribution < 1.29 is 0 Å². The molecule has 4 nitrogen and oxygen atoms in total. The van der Waals surface area contributed by atoms with Gasteiger partial charge in [-0.3, -0.25) is 14.6 Å². The van der Waals surface area contributed by atoms with Crippen LogP contribution in [-0.4, -0.2) is 19.7 Å². The fourth-order valence-corrected chi connectivity index (χ4v) is 5.01. The van der Waals surface area contributed by atoms with Crippen LogP contribution in [0, 0.1) is 18.3 Å². The Morgan fingerprint density at radius 3 is 2.79 bits per heavy atom. The maximum absolute atomic E-state index is 4.88. The lowest BCUT2D eigenvalue weighted by atomic mass is 9.44. The average molecular weight is 366 g/mol. The van der Waals surface area contributed by atoms with E-state index in [1.54, 1.807) is 0 Å². The zero-order valence-corrected chi connectivity index (χ0v) is 16.0. The van der Waals surface area contributed by atoms with Gasteiger partial charge in [-0.25, -0.2) is 0 Å². The lowest BCUT2D eigenvalue weighted by Crippen LogP contribution is -2.54. The summed E-state index contributed by atoms with van der Waals surface area (Å²) in [6.45, 7) is 3.09. The smallest absolute Gasteiger partial charge is 0.0785 e. The standard InChI is InChI=1S/C24H22N4/c1-16-4-7-21(20-13-26-28(14-20)15-24-10-17(11-24)12-24)23(27-16)19-6-5-18-3-2-8-25-22(18)9-19/h2-9,13-14,17H,10-12,15H2,1H3. The summed E-state index contributed by atoms with van der Waals surface area (Å²) < 4.78 is 2.14. The highest BCUT2D eigenvalue weighted by molar-refractivity contribution is 5.87. The molecule has 0 N–H and O–H groups in total. The fraction of sp³-hybridized carbons (Fsp3) is 0.292. The van der Waals surface area contributed by atoms with Gasteiger partial charge in [-0.15, -0.1) is 0 Å². The van der Waals surface area contributed by atoms with Gasteiger partial charge in [0.25, 0.3) is 0 Å². The summed E-state index contributed by atoms with van der Waals surface area (Å²) in [7, 11) is 0. The third-order valence-corrected chi connectivity index (χ3v) is 6.52. The van der Waals surface area contributed by atoms with Crippen LogP contribution in [0.2, 0.25) is 0 Å². The molecule has 3 aromatic heterocycles. The molecule has 0 saturated heterocycles. The van der Waals surface area contributed by atoms with Gasteiger partial charge < -0.3 is 0 Å². The molecule has 3 fully saturated rings. The Morgan fingerprint density at radius 1 is 1.07 bits per heavy atom. The number of pyridine rings is 2. The van der Waals surface area contributed by atoms with E-state index in [0.717, 1.165) is 51.4 Å². The number of aryl methyl sites for hydroxylation is 1. The van der Waals surface area contributed by atoms with Crippen molar-refractivity contribution in [3.05, 3.63) is 66.7 Å². The predicted molar refractivity (Wildman–Crippen MR) is 111 cm³/mol. The second kappa shape index (κ2) is 5.74. The van der Waals surface area contributed by atoms with E-state index in [9.17, 15) is 0 Å². The molecular formula is C24H22N4. The zero-order valence-electron chi connectivity index (χ0n) is 16.0. The van der Waals surface area contributed by atoms with E-state index in [1.807, 2.05) is 25.4 Å². The van der Waals surface area contributed by atoms with Crippen LogP contribution in [0.15, 0.2) is 61.1 Å². The molecule has 0 spiro atoms. The molecule has 0 radical (unpaired) electrons. The Kier molecular flexibility index (Phi) is 3.28. The molecule has 28 heavy (non-hydrogen) atoms. The average Bonchev–Trinajstić information content (AvgIpc) is 3.12. The molecule has 0 atom stereocenters. The number of aromatic nitrogens is 4.